The van der Waals surface area contributed by atoms with Crippen molar-refractivity contribution >= 4 is 11.9 Å². The molecule has 0 radical (unpaired) electrons. The smallest absolute Gasteiger partial charge is 0.546 e. The minimum atomic E-state index is -1.39. The van der Waals surface area contributed by atoms with Gasteiger partial charge in [-0.15, -0.1) is 0 Å². The second-order valence-corrected chi connectivity index (χ2v) is 2.69. The molecule has 0 aliphatic carbocycles. The van der Waals surface area contributed by atoms with Gasteiger partial charge in [-0.25, -0.2) is 4.79 Å². The summed E-state index contributed by atoms with van der Waals surface area (Å²) in [5, 5.41) is 10.5. The second kappa shape index (κ2) is 3.87. The molecule has 0 bridgehead atoms. The van der Waals surface area contributed by atoms with Crippen molar-refractivity contribution in [3.05, 3.63) is 35.4 Å². The van der Waals surface area contributed by atoms with Crippen molar-refractivity contribution in [2.45, 2.75) is 6.10 Å². The van der Waals surface area contributed by atoms with Gasteiger partial charge in [-0.1, -0.05) is 18.2 Å². The number of carboxylic acid groups (broad SMARTS) is 1. The van der Waals surface area contributed by atoms with Crippen LogP contribution in [0.3, 0.4) is 0 Å². The molecule has 1 unspecified atom stereocenters. The Kier molecular flexibility index (Phi) is 2.99. The molecule has 0 saturated heterocycles. The monoisotopic (exact) mass is 184 g/mol. The minimum absolute atomic E-state index is 0. The van der Waals surface area contributed by atoms with Crippen LogP contribution in [0.1, 0.15) is 22.0 Å². The quantitative estimate of drug-likeness (QED) is 0.338. The fraction of sp³-hybridized carbons (Fsp3) is 0.111. The Balaban J connectivity index is 0.000000980. The number of rotatable bonds is 1. The number of aliphatic carboxylic acids is 1. The molecule has 0 spiro atoms. The van der Waals surface area contributed by atoms with E-state index in [1.807, 2.05) is 0 Å². The van der Waals surface area contributed by atoms with Crippen molar-refractivity contribution in [1.82, 2.24) is 0 Å². The first-order valence-electron chi connectivity index (χ1n) is 3.71. The fourth-order valence-electron chi connectivity index (χ4n) is 1.32. The number of ether oxygens (including phenoxy) is 1. The number of fused-ring (bicyclic) bond motifs is 1. The SMILES string of the molecule is O=C1OC(C(=O)[O-])c2ccccc21.[Li+]. The molecule has 0 N–H and O–H groups in total. The molecule has 0 amide bonds. The number of hydrogen-bond donors (Lipinski definition) is 0. The van der Waals surface area contributed by atoms with E-state index in [1.54, 1.807) is 18.2 Å². The second-order valence-electron chi connectivity index (χ2n) is 2.69. The first-order valence-corrected chi connectivity index (χ1v) is 3.71. The predicted octanol–water partition coefficient (Wildman–Crippen LogP) is -3.35. The van der Waals surface area contributed by atoms with Crippen molar-refractivity contribution in [3.63, 3.8) is 0 Å². The Morgan fingerprint density at radius 3 is 2.64 bits per heavy atom. The predicted molar refractivity (Wildman–Crippen MR) is 39.6 cm³/mol. The number of cyclic esters (lactones) is 1. The molecular formula is C9H5LiO4. The molecule has 1 aromatic rings. The van der Waals surface area contributed by atoms with E-state index in [0.29, 0.717) is 11.1 Å². The summed E-state index contributed by atoms with van der Waals surface area (Å²) in [5.74, 6) is -2.00. The Bertz CT molecular complexity index is 388. The number of esters is 1. The summed E-state index contributed by atoms with van der Waals surface area (Å²) in [6.45, 7) is 0. The summed E-state index contributed by atoms with van der Waals surface area (Å²) in [5.41, 5.74) is 0.671. The first kappa shape index (κ1) is 10.8. The maximum Gasteiger partial charge on any atom is 1.00 e. The van der Waals surface area contributed by atoms with Crippen LogP contribution in [-0.4, -0.2) is 11.9 Å². The summed E-state index contributed by atoms with van der Waals surface area (Å²) in [7, 11) is 0. The minimum Gasteiger partial charge on any atom is -0.546 e. The van der Waals surface area contributed by atoms with Crippen molar-refractivity contribution in [2.24, 2.45) is 0 Å². The fourth-order valence-corrected chi connectivity index (χ4v) is 1.32. The average Bonchev–Trinajstić information content (AvgIpc) is 2.45. The number of carbonyl (C=O) groups excluding carboxylic acids is 2. The van der Waals surface area contributed by atoms with Gasteiger partial charge in [0.05, 0.1) is 11.5 Å². The molecule has 1 aliphatic heterocycles. The standard InChI is InChI=1S/C9H6O4.Li/c10-8(11)7-5-3-1-2-4-6(5)9(12)13-7;/h1-4,7H,(H,10,11);/q;+1/p-1. The van der Waals surface area contributed by atoms with Crippen LogP contribution in [-0.2, 0) is 9.53 Å². The maximum atomic E-state index is 11.1. The Labute approximate surface area is 92.0 Å². The van der Waals surface area contributed by atoms with Gasteiger partial charge in [-0.2, -0.15) is 0 Å². The molecule has 1 aromatic carbocycles. The van der Waals surface area contributed by atoms with Crippen molar-refractivity contribution in [2.75, 3.05) is 0 Å². The third-order valence-corrected chi connectivity index (χ3v) is 1.90. The molecule has 0 saturated carbocycles. The molecule has 0 aromatic heterocycles. The van der Waals surface area contributed by atoms with Crippen LogP contribution >= 0.6 is 0 Å². The topological polar surface area (TPSA) is 66.4 Å². The van der Waals surface area contributed by atoms with E-state index >= 15 is 0 Å². The van der Waals surface area contributed by atoms with Crippen LogP contribution in [0.25, 0.3) is 0 Å². The van der Waals surface area contributed by atoms with Gasteiger partial charge in [-0.3, -0.25) is 0 Å². The summed E-state index contributed by atoms with van der Waals surface area (Å²) >= 11 is 0. The van der Waals surface area contributed by atoms with Crippen LogP contribution in [0.15, 0.2) is 24.3 Å². The van der Waals surface area contributed by atoms with E-state index < -0.39 is 18.0 Å². The summed E-state index contributed by atoms with van der Waals surface area (Å²) < 4.78 is 4.59. The first-order chi connectivity index (χ1) is 6.20. The molecule has 66 valence electrons. The zero-order chi connectivity index (χ0) is 9.42. The number of carboxylic acids is 1. The van der Waals surface area contributed by atoms with Gasteiger partial charge in [0.15, 0.2) is 6.10 Å². The van der Waals surface area contributed by atoms with Gasteiger partial charge >= 0.3 is 24.8 Å². The molecule has 1 heterocycles. The van der Waals surface area contributed by atoms with Crippen LogP contribution in [0, 0.1) is 0 Å². The van der Waals surface area contributed by atoms with Crippen LogP contribution in [0.2, 0.25) is 0 Å². The van der Waals surface area contributed by atoms with E-state index in [0.717, 1.165) is 0 Å². The van der Waals surface area contributed by atoms with E-state index in [4.69, 9.17) is 0 Å². The molecule has 14 heavy (non-hydrogen) atoms. The Morgan fingerprint density at radius 1 is 1.36 bits per heavy atom. The number of hydrogen-bond acceptors (Lipinski definition) is 4. The molecular weight excluding hydrogens is 179 g/mol. The Hall–Kier alpha value is -1.24. The van der Waals surface area contributed by atoms with Crippen LogP contribution in [0.5, 0.6) is 0 Å². The summed E-state index contributed by atoms with van der Waals surface area (Å²) in [6, 6.07) is 6.37. The van der Waals surface area contributed by atoms with Crippen molar-refractivity contribution < 1.29 is 38.3 Å². The van der Waals surface area contributed by atoms with E-state index in [1.165, 1.54) is 6.07 Å². The Morgan fingerprint density at radius 2 is 2.00 bits per heavy atom. The average molecular weight is 184 g/mol. The summed E-state index contributed by atoms with van der Waals surface area (Å²) in [4.78, 5) is 21.6. The maximum absolute atomic E-state index is 11.1. The molecule has 1 aliphatic rings. The molecule has 0 fully saturated rings. The van der Waals surface area contributed by atoms with Crippen LogP contribution in [0.4, 0.5) is 0 Å². The van der Waals surface area contributed by atoms with Gasteiger partial charge in [0.2, 0.25) is 0 Å². The van der Waals surface area contributed by atoms with Gasteiger partial charge in [-0.05, 0) is 6.07 Å². The number of carbonyl (C=O) groups is 2. The summed E-state index contributed by atoms with van der Waals surface area (Å²) in [6.07, 6.45) is -1.25. The van der Waals surface area contributed by atoms with Crippen LogP contribution < -0.4 is 24.0 Å². The third-order valence-electron chi connectivity index (χ3n) is 1.90. The van der Waals surface area contributed by atoms with Gasteiger partial charge < -0.3 is 14.6 Å². The van der Waals surface area contributed by atoms with Gasteiger partial charge in [0.25, 0.3) is 0 Å². The zero-order valence-corrected chi connectivity index (χ0v) is 7.52. The molecule has 1 atom stereocenters. The molecule has 2 rings (SSSR count). The number of benzene rings is 1. The van der Waals surface area contributed by atoms with E-state index in [-0.39, 0.29) is 18.9 Å². The van der Waals surface area contributed by atoms with Crippen molar-refractivity contribution in [3.8, 4) is 0 Å². The molecule has 5 heteroatoms. The zero-order valence-electron chi connectivity index (χ0n) is 7.52. The van der Waals surface area contributed by atoms with E-state index in [2.05, 4.69) is 4.74 Å². The van der Waals surface area contributed by atoms with Gasteiger partial charge in [0, 0.05) is 5.56 Å². The normalized spacial score (nSPS) is 18.0. The molecule has 4 nitrogen and oxygen atoms in total. The van der Waals surface area contributed by atoms with E-state index in [9.17, 15) is 14.7 Å². The van der Waals surface area contributed by atoms with Gasteiger partial charge in [0.1, 0.15) is 0 Å². The largest absolute Gasteiger partial charge is 1.00 e. The third kappa shape index (κ3) is 1.54. The van der Waals surface area contributed by atoms with Crippen molar-refractivity contribution in [1.29, 1.82) is 0 Å².